The Balaban J connectivity index is 1.67. The lowest BCUT2D eigenvalue weighted by atomic mass is 9.87. The van der Waals surface area contributed by atoms with E-state index in [1.165, 1.54) is 37.7 Å². The standard InChI is InChI=1S/C15H20O/c1-11-3-2-4-14(7-11)16-15-9-12-5-6-13(8-12)10-15/h2-4,7,12-13,15H,5-6,8-10H2,1H3/t12-,13+,15-. The van der Waals surface area contributed by atoms with E-state index in [2.05, 4.69) is 31.2 Å². The molecule has 2 fully saturated rings. The highest BCUT2D eigenvalue weighted by molar-refractivity contribution is 5.27. The van der Waals surface area contributed by atoms with Gasteiger partial charge >= 0.3 is 0 Å². The molecule has 0 unspecified atom stereocenters. The minimum Gasteiger partial charge on any atom is -0.490 e. The summed E-state index contributed by atoms with van der Waals surface area (Å²) in [6.45, 7) is 2.12. The van der Waals surface area contributed by atoms with Crippen LogP contribution >= 0.6 is 0 Å². The van der Waals surface area contributed by atoms with Gasteiger partial charge in [0, 0.05) is 0 Å². The zero-order valence-electron chi connectivity index (χ0n) is 9.99. The van der Waals surface area contributed by atoms with Crippen LogP contribution in [0, 0.1) is 18.8 Å². The highest BCUT2D eigenvalue weighted by Crippen LogP contribution is 2.43. The summed E-state index contributed by atoms with van der Waals surface area (Å²) in [5.74, 6) is 2.97. The molecule has 1 heteroatoms. The summed E-state index contributed by atoms with van der Waals surface area (Å²) < 4.78 is 6.12. The lowest BCUT2D eigenvalue weighted by molar-refractivity contribution is 0.119. The molecule has 16 heavy (non-hydrogen) atoms. The van der Waals surface area contributed by atoms with Gasteiger partial charge < -0.3 is 4.74 Å². The first kappa shape index (κ1) is 10.2. The zero-order chi connectivity index (χ0) is 11.0. The van der Waals surface area contributed by atoms with Crippen LogP contribution in [0.25, 0.3) is 0 Å². The molecule has 0 aromatic heterocycles. The van der Waals surface area contributed by atoms with Crippen molar-refractivity contribution >= 4 is 0 Å². The third-order valence-corrected chi connectivity index (χ3v) is 4.13. The summed E-state index contributed by atoms with van der Waals surface area (Å²) in [5.41, 5.74) is 1.29. The highest BCUT2D eigenvalue weighted by atomic mass is 16.5. The lowest BCUT2D eigenvalue weighted by Crippen LogP contribution is -2.26. The molecule has 0 spiro atoms. The molecule has 0 heterocycles. The predicted octanol–water partition coefficient (Wildman–Crippen LogP) is 3.95. The summed E-state index contributed by atoms with van der Waals surface area (Å²) in [6, 6.07) is 8.44. The number of rotatable bonds is 2. The fourth-order valence-corrected chi connectivity index (χ4v) is 3.42. The molecule has 2 saturated carbocycles. The number of hydrogen-bond donors (Lipinski definition) is 0. The average Bonchev–Trinajstić information content (AvgIpc) is 2.58. The molecular weight excluding hydrogens is 196 g/mol. The molecule has 0 aliphatic heterocycles. The van der Waals surface area contributed by atoms with Crippen molar-refractivity contribution in [2.24, 2.45) is 11.8 Å². The monoisotopic (exact) mass is 216 g/mol. The van der Waals surface area contributed by atoms with Crippen molar-refractivity contribution in [2.75, 3.05) is 0 Å². The number of fused-ring (bicyclic) bond motifs is 2. The molecule has 0 amide bonds. The molecule has 1 nitrogen and oxygen atoms in total. The molecule has 0 N–H and O–H groups in total. The van der Waals surface area contributed by atoms with Gasteiger partial charge in [0.1, 0.15) is 5.75 Å². The second kappa shape index (κ2) is 4.12. The van der Waals surface area contributed by atoms with Crippen LogP contribution in [-0.2, 0) is 0 Å². The van der Waals surface area contributed by atoms with E-state index < -0.39 is 0 Å². The Morgan fingerprint density at radius 2 is 1.81 bits per heavy atom. The van der Waals surface area contributed by atoms with E-state index in [-0.39, 0.29) is 0 Å². The molecule has 3 rings (SSSR count). The van der Waals surface area contributed by atoms with Crippen LogP contribution in [0.4, 0.5) is 0 Å². The number of aryl methyl sites for hydroxylation is 1. The average molecular weight is 216 g/mol. The first-order valence-electron chi connectivity index (χ1n) is 6.53. The van der Waals surface area contributed by atoms with Gasteiger partial charge in [-0.3, -0.25) is 0 Å². The van der Waals surface area contributed by atoms with Gasteiger partial charge in [0.25, 0.3) is 0 Å². The molecule has 0 radical (unpaired) electrons. The van der Waals surface area contributed by atoms with Crippen molar-refractivity contribution in [3.63, 3.8) is 0 Å². The van der Waals surface area contributed by atoms with Gasteiger partial charge in [-0.15, -0.1) is 0 Å². The Morgan fingerprint density at radius 3 is 2.50 bits per heavy atom. The second-order valence-electron chi connectivity index (χ2n) is 5.57. The maximum atomic E-state index is 6.12. The molecule has 2 bridgehead atoms. The normalized spacial score (nSPS) is 32.7. The summed E-state index contributed by atoms with van der Waals surface area (Å²) >= 11 is 0. The van der Waals surface area contributed by atoms with Gasteiger partial charge in [-0.2, -0.15) is 0 Å². The minimum absolute atomic E-state index is 0.480. The quantitative estimate of drug-likeness (QED) is 0.727. The molecule has 2 aliphatic carbocycles. The highest BCUT2D eigenvalue weighted by Gasteiger charge is 2.34. The van der Waals surface area contributed by atoms with E-state index in [0.29, 0.717) is 6.10 Å². The van der Waals surface area contributed by atoms with Crippen molar-refractivity contribution in [3.8, 4) is 5.75 Å². The molecule has 1 aromatic carbocycles. The van der Waals surface area contributed by atoms with Crippen LogP contribution in [0.3, 0.4) is 0 Å². The molecule has 0 saturated heterocycles. The van der Waals surface area contributed by atoms with Crippen LogP contribution in [0.1, 0.15) is 37.7 Å². The SMILES string of the molecule is Cc1cccc(O[C@@H]2C[C@@H]3CC[C@@H](C3)C2)c1. The first-order valence-corrected chi connectivity index (χ1v) is 6.53. The van der Waals surface area contributed by atoms with E-state index in [1.807, 2.05) is 0 Å². The summed E-state index contributed by atoms with van der Waals surface area (Å²) in [5, 5.41) is 0. The van der Waals surface area contributed by atoms with E-state index in [4.69, 9.17) is 4.74 Å². The van der Waals surface area contributed by atoms with Gasteiger partial charge in [0.05, 0.1) is 6.10 Å². The van der Waals surface area contributed by atoms with E-state index in [1.54, 1.807) is 0 Å². The predicted molar refractivity (Wildman–Crippen MR) is 65.7 cm³/mol. The fraction of sp³-hybridized carbons (Fsp3) is 0.600. The van der Waals surface area contributed by atoms with Crippen molar-refractivity contribution in [1.82, 2.24) is 0 Å². The maximum Gasteiger partial charge on any atom is 0.119 e. The molecule has 1 aromatic rings. The van der Waals surface area contributed by atoms with Gasteiger partial charge in [-0.25, -0.2) is 0 Å². The van der Waals surface area contributed by atoms with Gasteiger partial charge in [-0.05, 0) is 55.7 Å². The van der Waals surface area contributed by atoms with Crippen molar-refractivity contribution < 1.29 is 4.74 Å². The van der Waals surface area contributed by atoms with Crippen LogP contribution in [-0.4, -0.2) is 6.10 Å². The number of ether oxygens (including phenoxy) is 1. The van der Waals surface area contributed by atoms with Crippen LogP contribution in [0.2, 0.25) is 0 Å². The molecule has 2 aliphatic rings. The zero-order valence-corrected chi connectivity index (χ0v) is 9.99. The van der Waals surface area contributed by atoms with E-state index in [9.17, 15) is 0 Å². The second-order valence-corrected chi connectivity index (χ2v) is 5.57. The van der Waals surface area contributed by atoms with Gasteiger partial charge in [0.2, 0.25) is 0 Å². The van der Waals surface area contributed by atoms with Gasteiger partial charge in [-0.1, -0.05) is 25.0 Å². The summed E-state index contributed by atoms with van der Waals surface area (Å²) in [7, 11) is 0. The Morgan fingerprint density at radius 1 is 1.06 bits per heavy atom. The Hall–Kier alpha value is -0.980. The molecular formula is C15H20O. The molecule has 3 atom stereocenters. The third-order valence-electron chi connectivity index (χ3n) is 4.13. The summed E-state index contributed by atoms with van der Waals surface area (Å²) in [4.78, 5) is 0. The maximum absolute atomic E-state index is 6.12. The van der Waals surface area contributed by atoms with E-state index in [0.717, 1.165) is 17.6 Å². The lowest BCUT2D eigenvalue weighted by Gasteiger charge is -2.28. The third kappa shape index (κ3) is 2.09. The Labute approximate surface area is 97.8 Å². The van der Waals surface area contributed by atoms with Crippen molar-refractivity contribution in [3.05, 3.63) is 29.8 Å². The first-order chi connectivity index (χ1) is 7.79. The van der Waals surface area contributed by atoms with Crippen molar-refractivity contribution in [2.45, 2.75) is 45.1 Å². The smallest absolute Gasteiger partial charge is 0.119 e. The minimum atomic E-state index is 0.480. The summed E-state index contributed by atoms with van der Waals surface area (Å²) in [6.07, 6.45) is 7.40. The largest absolute Gasteiger partial charge is 0.490 e. The van der Waals surface area contributed by atoms with Crippen molar-refractivity contribution in [1.29, 1.82) is 0 Å². The number of hydrogen-bond acceptors (Lipinski definition) is 1. The van der Waals surface area contributed by atoms with Crippen LogP contribution < -0.4 is 4.74 Å². The van der Waals surface area contributed by atoms with E-state index >= 15 is 0 Å². The fourth-order valence-electron chi connectivity index (χ4n) is 3.42. The Kier molecular flexibility index (Phi) is 2.62. The number of benzene rings is 1. The van der Waals surface area contributed by atoms with Crippen LogP contribution in [0.5, 0.6) is 5.75 Å². The topological polar surface area (TPSA) is 9.23 Å². The van der Waals surface area contributed by atoms with Crippen LogP contribution in [0.15, 0.2) is 24.3 Å². The van der Waals surface area contributed by atoms with Gasteiger partial charge in [0.15, 0.2) is 0 Å². The Bertz CT molecular complexity index is 359. The molecule has 86 valence electrons.